The summed E-state index contributed by atoms with van der Waals surface area (Å²) < 4.78 is 5.43. The summed E-state index contributed by atoms with van der Waals surface area (Å²) >= 11 is 1.39. The number of amides is 1. The molecular weight excluding hydrogens is 432 g/mol. The predicted octanol–water partition coefficient (Wildman–Crippen LogP) is 5.17. The fourth-order valence-electron chi connectivity index (χ4n) is 4.05. The van der Waals surface area contributed by atoms with Gasteiger partial charge in [-0.15, -0.1) is 11.3 Å². The number of thiophene rings is 1. The number of hydrogen-bond acceptors (Lipinski definition) is 6. The molecule has 1 aliphatic rings. The zero-order valence-electron chi connectivity index (χ0n) is 18.5. The molecule has 33 heavy (non-hydrogen) atoms. The zero-order chi connectivity index (χ0) is 22.6. The normalized spacial score (nSPS) is 14.9. The number of aromatic nitrogens is 2. The van der Waals surface area contributed by atoms with Gasteiger partial charge in [-0.1, -0.05) is 53.2 Å². The number of aryl methyl sites for hydroxylation is 1. The number of nitrogens with one attached hydrogen (secondary N) is 1. The van der Waals surface area contributed by atoms with Gasteiger partial charge in [-0.2, -0.15) is 4.98 Å². The van der Waals surface area contributed by atoms with E-state index in [2.05, 4.69) is 44.6 Å². The highest BCUT2D eigenvalue weighted by Gasteiger charge is 2.22. The summed E-state index contributed by atoms with van der Waals surface area (Å²) in [4.78, 5) is 21.2. The van der Waals surface area contributed by atoms with E-state index < -0.39 is 0 Å². The number of carbonyl (C=O) groups is 1. The van der Waals surface area contributed by atoms with E-state index >= 15 is 0 Å². The van der Waals surface area contributed by atoms with Crippen LogP contribution in [0.5, 0.6) is 0 Å². The Morgan fingerprint density at radius 1 is 1.06 bits per heavy atom. The molecule has 1 N–H and O–H groups in total. The van der Waals surface area contributed by atoms with Crippen molar-refractivity contribution in [3.05, 3.63) is 82.7 Å². The van der Waals surface area contributed by atoms with Gasteiger partial charge in [0, 0.05) is 31.2 Å². The predicted molar refractivity (Wildman–Crippen MR) is 130 cm³/mol. The van der Waals surface area contributed by atoms with Crippen LogP contribution in [0.25, 0.3) is 22.2 Å². The number of benzene rings is 2. The lowest BCUT2D eigenvalue weighted by molar-refractivity contribution is 0.0913. The Kier molecular flexibility index (Phi) is 6.32. The molecule has 6 nitrogen and oxygen atoms in total. The van der Waals surface area contributed by atoms with Crippen LogP contribution in [0.15, 0.2) is 71.3 Å². The van der Waals surface area contributed by atoms with E-state index in [1.807, 2.05) is 49.4 Å². The van der Waals surface area contributed by atoms with Gasteiger partial charge in [0.2, 0.25) is 5.82 Å². The summed E-state index contributed by atoms with van der Waals surface area (Å²) in [6.45, 7) is 4.97. The van der Waals surface area contributed by atoms with Crippen LogP contribution < -0.4 is 5.32 Å². The van der Waals surface area contributed by atoms with Gasteiger partial charge < -0.3 is 9.84 Å². The third-order valence-corrected chi connectivity index (χ3v) is 7.03. The van der Waals surface area contributed by atoms with Crippen LogP contribution >= 0.6 is 11.3 Å². The number of hydrogen-bond donors (Lipinski definition) is 1. The molecule has 4 aromatic rings. The maximum atomic E-state index is 12.8. The quantitative estimate of drug-likeness (QED) is 0.432. The lowest BCUT2D eigenvalue weighted by atomic mass is 10.0. The van der Waals surface area contributed by atoms with Crippen LogP contribution in [0.2, 0.25) is 0 Å². The minimum absolute atomic E-state index is 0.0324. The summed E-state index contributed by atoms with van der Waals surface area (Å²) in [6, 6.07) is 22.4. The van der Waals surface area contributed by atoms with Gasteiger partial charge in [0.1, 0.15) is 0 Å². The van der Waals surface area contributed by atoms with E-state index in [1.165, 1.54) is 22.5 Å². The summed E-state index contributed by atoms with van der Waals surface area (Å²) in [6.07, 6.45) is 1.92. The Bertz CT molecular complexity index is 1210. The highest BCUT2D eigenvalue weighted by atomic mass is 32.1. The monoisotopic (exact) mass is 458 g/mol. The van der Waals surface area contributed by atoms with E-state index in [0.717, 1.165) is 42.9 Å². The summed E-state index contributed by atoms with van der Waals surface area (Å²) in [7, 11) is 0. The van der Waals surface area contributed by atoms with E-state index in [9.17, 15) is 4.79 Å². The van der Waals surface area contributed by atoms with Crippen molar-refractivity contribution in [1.82, 2.24) is 20.4 Å². The van der Waals surface area contributed by atoms with E-state index in [4.69, 9.17) is 4.52 Å². The largest absolute Gasteiger partial charge is 0.349 e. The molecule has 1 fully saturated rings. The lowest BCUT2D eigenvalue weighted by Crippen LogP contribution is -2.44. The summed E-state index contributed by atoms with van der Waals surface area (Å²) in [5, 5.41) is 7.30. The van der Waals surface area contributed by atoms with Crippen molar-refractivity contribution >= 4 is 17.2 Å². The van der Waals surface area contributed by atoms with Crippen molar-refractivity contribution in [3.63, 3.8) is 0 Å². The molecule has 0 radical (unpaired) electrons. The number of nitrogens with zero attached hydrogens (tertiary/aromatic N) is 3. The first-order chi connectivity index (χ1) is 16.1. The second-order valence-corrected chi connectivity index (χ2v) is 9.55. The van der Waals surface area contributed by atoms with Crippen LogP contribution in [-0.2, 0) is 6.54 Å². The zero-order valence-corrected chi connectivity index (χ0v) is 19.3. The average Bonchev–Trinajstić information content (AvgIpc) is 3.52. The second kappa shape index (κ2) is 9.68. The van der Waals surface area contributed by atoms with Crippen molar-refractivity contribution in [2.45, 2.75) is 32.4 Å². The SMILES string of the molecule is Cc1ccc(-c2nc(-c3ccc(C(=O)NC4CCN(Cc5ccccc5)CC4)s3)no2)cc1. The van der Waals surface area contributed by atoms with E-state index in [1.54, 1.807) is 0 Å². The number of likely N-dealkylation sites (tertiary alicyclic amines) is 1. The molecule has 0 aliphatic carbocycles. The summed E-state index contributed by atoms with van der Waals surface area (Å²) in [5.41, 5.74) is 3.39. The number of carbonyl (C=O) groups excluding carboxylic acids is 1. The molecule has 0 unspecified atom stereocenters. The Morgan fingerprint density at radius 2 is 1.82 bits per heavy atom. The van der Waals surface area contributed by atoms with Gasteiger partial charge in [0.25, 0.3) is 11.8 Å². The van der Waals surface area contributed by atoms with Crippen molar-refractivity contribution in [1.29, 1.82) is 0 Å². The maximum Gasteiger partial charge on any atom is 0.261 e. The fourth-order valence-corrected chi connectivity index (χ4v) is 4.89. The fraction of sp³-hybridized carbons (Fsp3) is 0.269. The molecule has 0 saturated carbocycles. The number of piperidine rings is 1. The maximum absolute atomic E-state index is 12.8. The van der Waals surface area contributed by atoms with Crippen LogP contribution in [0.4, 0.5) is 0 Å². The van der Waals surface area contributed by atoms with Crippen molar-refractivity contribution in [2.75, 3.05) is 13.1 Å². The third-order valence-electron chi connectivity index (χ3n) is 5.95. The second-order valence-electron chi connectivity index (χ2n) is 8.46. The van der Waals surface area contributed by atoms with E-state index in [-0.39, 0.29) is 11.9 Å². The Hall–Kier alpha value is -3.29. The third kappa shape index (κ3) is 5.21. The average molecular weight is 459 g/mol. The first-order valence-corrected chi connectivity index (χ1v) is 12.0. The van der Waals surface area contributed by atoms with Gasteiger partial charge in [-0.25, -0.2) is 0 Å². The smallest absolute Gasteiger partial charge is 0.261 e. The van der Waals surface area contributed by atoms with Crippen LogP contribution in [0.3, 0.4) is 0 Å². The summed E-state index contributed by atoms with van der Waals surface area (Å²) in [5.74, 6) is 0.950. The molecule has 0 bridgehead atoms. The first-order valence-electron chi connectivity index (χ1n) is 11.2. The van der Waals surface area contributed by atoms with E-state index in [0.29, 0.717) is 16.6 Å². The molecule has 1 aliphatic heterocycles. The molecule has 7 heteroatoms. The van der Waals surface area contributed by atoms with Crippen molar-refractivity contribution in [3.8, 4) is 22.2 Å². The first kappa shape index (κ1) is 21.6. The van der Waals surface area contributed by atoms with Crippen LogP contribution in [0.1, 0.15) is 33.6 Å². The molecule has 1 saturated heterocycles. The molecular formula is C26H26N4O2S. The highest BCUT2D eigenvalue weighted by Crippen LogP contribution is 2.28. The van der Waals surface area contributed by atoms with Gasteiger partial charge in [-0.05, 0) is 49.6 Å². The highest BCUT2D eigenvalue weighted by molar-refractivity contribution is 7.17. The minimum Gasteiger partial charge on any atom is -0.349 e. The Balaban J connectivity index is 1.16. The molecule has 3 heterocycles. The molecule has 168 valence electrons. The van der Waals surface area contributed by atoms with Gasteiger partial charge >= 0.3 is 0 Å². The Morgan fingerprint density at radius 3 is 2.58 bits per heavy atom. The van der Waals surface area contributed by atoms with Gasteiger partial charge in [-0.3, -0.25) is 9.69 Å². The lowest BCUT2D eigenvalue weighted by Gasteiger charge is -2.32. The minimum atomic E-state index is -0.0324. The van der Waals surface area contributed by atoms with Gasteiger partial charge in [0.15, 0.2) is 0 Å². The molecule has 0 atom stereocenters. The standard InChI is InChI=1S/C26H26N4O2S/c1-18-7-9-20(10-8-18)26-28-24(29-32-26)22-11-12-23(33-22)25(31)27-21-13-15-30(16-14-21)17-19-5-3-2-4-6-19/h2-12,21H,13-17H2,1H3,(H,27,31). The topological polar surface area (TPSA) is 71.3 Å². The molecule has 2 aromatic carbocycles. The van der Waals surface area contributed by atoms with Crippen LogP contribution in [-0.4, -0.2) is 40.1 Å². The molecule has 5 rings (SSSR count). The van der Waals surface area contributed by atoms with Crippen molar-refractivity contribution < 1.29 is 9.32 Å². The van der Waals surface area contributed by atoms with Gasteiger partial charge in [0.05, 0.1) is 9.75 Å². The molecule has 0 spiro atoms. The van der Waals surface area contributed by atoms with Crippen molar-refractivity contribution in [2.24, 2.45) is 0 Å². The molecule has 2 aromatic heterocycles. The number of rotatable bonds is 6. The Labute approximate surface area is 197 Å². The van der Waals surface area contributed by atoms with Crippen LogP contribution in [0, 0.1) is 6.92 Å². The molecule has 1 amide bonds.